The Kier molecular flexibility index (Phi) is 7.64. The minimum Gasteiger partial charge on any atom is -0.490 e. The maximum atomic E-state index is 16.4. The molecule has 242 valence electrons. The first-order valence-electron chi connectivity index (χ1n) is 17.6. The van der Waals surface area contributed by atoms with Gasteiger partial charge in [0, 0.05) is 44.0 Å². The highest BCUT2D eigenvalue weighted by Crippen LogP contribution is 2.55. The summed E-state index contributed by atoms with van der Waals surface area (Å²) in [7, 11) is 0. The second kappa shape index (κ2) is 12.3. The SMILES string of the molecule is O[C@@H](COc1cccc2c1ccc1c3ccccc3ccc21)CN1CCN(C2c3ccccc3C(F)C(C3CC3)c3ccccc32)CC1. The van der Waals surface area contributed by atoms with Crippen molar-refractivity contribution in [2.75, 3.05) is 39.3 Å². The Morgan fingerprint density at radius 3 is 2.02 bits per heavy atom. The van der Waals surface area contributed by atoms with Crippen LogP contribution in [0.4, 0.5) is 4.39 Å². The van der Waals surface area contributed by atoms with Crippen molar-refractivity contribution in [3.63, 3.8) is 0 Å². The van der Waals surface area contributed by atoms with Gasteiger partial charge < -0.3 is 9.84 Å². The molecule has 48 heavy (non-hydrogen) atoms. The molecular formula is C43H41FN2O2. The molecule has 6 aromatic rings. The van der Waals surface area contributed by atoms with E-state index in [9.17, 15) is 5.11 Å². The van der Waals surface area contributed by atoms with Crippen molar-refractivity contribution < 1.29 is 14.2 Å². The van der Waals surface area contributed by atoms with Crippen LogP contribution in [0, 0.1) is 5.92 Å². The van der Waals surface area contributed by atoms with Crippen LogP contribution in [-0.4, -0.2) is 60.3 Å². The standard InChI is InChI=1S/C43H41FN2O2/c44-42-37-11-4-6-13-39(37)43(38-12-5-3-10-36(38)41(42)29-16-17-29)46-24-22-45(23-25-46)26-30(47)27-48-40-15-7-14-32-34-19-18-28-8-1-2-9-31(28)33(34)20-21-35(32)40/h1-15,18-21,29-30,41-43,47H,16-17,22-27H2/t30-,41?,42?,43?/m1/s1. The van der Waals surface area contributed by atoms with E-state index < -0.39 is 12.3 Å². The first-order valence-corrected chi connectivity index (χ1v) is 17.6. The van der Waals surface area contributed by atoms with Gasteiger partial charge in [0.2, 0.25) is 0 Å². The lowest BCUT2D eigenvalue weighted by atomic mass is 9.85. The van der Waals surface area contributed by atoms with E-state index in [0.717, 1.165) is 66.7 Å². The monoisotopic (exact) mass is 636 g/mol. The highest BCUT2D eigenvalue weighted by molar-refractivity contribution is 6.18. The Morgan fingerprint density at radius 1 is 0.625 bits per heavy atom. The van der Waals surface area contributed by atoms with Gasteiger partial charge in [0.15, 0.2) is 0 Å². The molecule has 3 unspecified atom stereocenters. The zero-order valence-electron chi connectivity index (χ0n) is 27.1. The molecular weight excluding hydrogens is 595 g/mol. The van der Waals surface area contributed by atoms with E-state index in [2.05, 4.69) is 101 Å². The number of aliphatic hydroxyl groups excluding tert-OH is 1. The highest BCUT2D eigenvalue weighted by Gasteiger charge is 2.44. The van der Waals surface area contributed by atoms with E-state index in [1.165, 1.54) is 32.7 Å². The van der Waals surface area contributed by atoms with Gasteiger partial charge in [-0.25, -0.2) is 4.39 Å². The molecule has 1 heterocycles. The molecule has 5 heteroatoms. The lowest BCUT2D eigenvalue weighted by Crippen LogP contribution is -2.50. The fourth-order valence-corrected chi connectivity index (χ4v) is 8.63. The Morgan fingerprint density at radius 2 is 1.23 bits per heavy atom. The van der Waals surface area contributed by atoms with Gasteiger partial charge >= 0.3 is 0 Å². The predicted molar refractivity (Wildman–Crippen MR) is 193 cm³/mol. The van der Waals surface area contributed by atoms with Crippen LogP contribution in [0.3, 0.4) is 0 Å². The van der Waals surface area contributed by atoms with E-state index in [4.69, 9.17) is 4.74 Å². The average Bonchev–Trinajstić information content (AvgIpc) is 3.98. The van der Waals surface area contributed by atoms with Gasteiger partial charge in [-0.1, -0.05) is 103 Å². The van der Waals surface area contributed by atoms with E-state index in [1.54, 1.807) is 0 Å². The van der Waals surface area contributed by atoms with Crippen LogP contribution in [-0.2, 0) is 0 Å². The molecule has 1 saturated heterocycles. The number of rotatable bonds is 7. The molecule has 0 bridgehead atoms. The number of benzene rings is 6. The number of ether oxygens (including phenoxy) is 1. The Balaban J connectivity index is 0.891. The Bertz CT molecular complexity index is 2120. The average molecular weight is 637 g/mol. The number of nitrogens with zero attached hydrogens (tertiary/aromatic N) is 2. The van der Waals surface area contributed by atoms with E-state index in [0.29, 0.717) is 12.5 Å². The lowest BCUT2D eigenvalue weighted by Gasteiger charge is -2.40. The van der Waals surface area contributed by atoms with Crippen molar-refractivity contribution in [2.45, 2.75) is 37.1 Å². The third-order valence-corrected chi connectivity index (χ3v) is 11.1. The molecule has 1 aliphatic heterocycles. The number of aliphatic hydroxyl groups is 1. The number of β-amino-alcohol motifs (C(OH)–C–C–N with tert-alkyl or cyclic N) is 1. The normalized spacial score (nSPS) is 22.3. The van der Waals surface area contributed by atoms with Crippen molar-refractivity contribution >= 4 is 32.3 Å². The van der Waals surface area contributed by atoms with Crippen LogP contribution in [0.1, 0.15) is 53.2 Å². The first-order chi connectivity index (χ1) is 23.6. The molecule has 2 fully saturated rings. The summed E-state index contributed by atoms with van der Waals surface area (Å²) in [6, 6.07) is 40.3. The largest absolute Gasteiger partial charge is 0.490 e. The van der Waals surface area contributed by atoms with Crippen molar-refractivity contribution in [1.82, 2.24) is 9.80 Å². The van der Waals surface area contributed by atoms with Crippen molar-refractivity contribution in [2.24, 2.45) is 5.92 Å². The van der Waals surface area contributed by atoms with E-state index in [-0.39, 0.29) is 18.6 Å². The molecule has 9 rings (SSSR count). The Labute approximate surface area is 281 Å². The smallest absolute Gasteiger partial charge is 0.133 e. The van der Waals surface area contributed by atoms with Crippen LogP contribution in [0.25, 0.3) is 32.3 Å². The molecule has 0 radical (unpaired) electrons. The molecule has 0 aromatic heterocycles. The van der Waals surface area contributed by atoms with Crippen LogP contribution < -0.4 is 4.74 Å². The maximum Gasteiger partial charge on any atom is 0.133 e. The number of fused-ring (bicyclic) bond motifs is 7. The van der Waals surface area contributed by atoms with Gasteiger partial charge in [0.25, 0.3) is 0 Å². The number of halogens is 1. The topological polar surface area (TPSA) is 35.9 Å². The summed E-state index contributed by atoms with van der Waals surface area (Å²) in [5, 5.41) is 18.3. The van der Waals surface area contributed by atoms with Gasteiger partial charge in [-0.05, 0) is 80.1 Å². The molecule has 6 aromatic carbocycles. The van der Waals surface area contributed by atoms with Crippen molar-refractivity contribution in [1.29, 1.82) is 0 Å². The zero-order chi connectivity index (χ0) is 32.2. The third kappa shape index (κ3) is 5.25. The second-order valence-corrected chi connectivity index (χ2v) is 14.0. The summed E-state index contributed by atoms with van der Waals surface area (Å²) in [5.41, 5.74) is 4.43. The van der Waals surface area contributed by atoms with Crippen LogP contribution in [0.5, 0.6) is 5.75 Å². The molecule has 1 saturated carbocycles. The summed E-state index contributed by atoms with van der Waals surface area (Å²) in [6.45, 7) is 4.20. The molecule has 4 atom stereocenters. The van der Waals surface area contributed by atoms with Gasteiger partial charge in [-0.15, -0.1) is 0 Å². The number of piperazine rings is 1. The van der Waals surface area contributed by atoms with Gasteiger partial charge in [-0.3, -0.25) is 9.80 Å². The fraction of sp³-hybridized carbons (Fsp3) is 0.302. The zero-order valence-corrected chi connectivity index (χ0v) is 27.1. The molecule has 1 N–H and O–H groups in total. The van der Waals surface area contributed by atoms with Crippen LogP contribution >= 0.6 is 0 Å². The number of hydrogen-bond donors (Lipinski definition) is 1. The summed E-state index contributed by atoms with van der Waals surface area (Å²) in [5.74, 6) is 1.17. The van der Waals surface area contributed by atoms with Crippen LogP contribution in [0.2, 0.25) is 0 Å². The molecule has 4 nitrogen and oxygen atoms in total. The van der Waals surface area contributed by atoms with E-state index in [1.807, 2.05) is 24.3 Å². The molecule has 0 spiro atoms. The number of hydrogen-bond acceptors (Lipinski definition) is 4. The van der Waals surface area contributed by atoms with E-state index >= 15 is 4.39 Å². The quantitative estimate of drug-likeness (QED) is 0.178. The summed E-state index contributed by atoms with van der Waals surface area (Å²) >= 11 is 0. The van der Waals surface area contributed by atoms with Crippen molar-refractivity contribution in [3.05, 3.63) is 138 Å². The minimum atomic E-state index is -0.975. The second-order valence-electron chi connectivity index (χ2n) is 14.0. The predicted octanol–water partition coefficient (Wildman–Crippen LogP) is 8.81. The molecule has 2 aliphatic carbocycles. The summed E-state index contributed by atoms with van der Waals surface area (Å²) in [4.78, 5) is 4.87. The highest BCUT2D eigenvalue weighted by atomic mass is 19.1. The number of alkyl halides is 1. The fourth-order valence-electron chi connectivity index (χ4n) is 8.63. The van der Waals surface area contributed by atoms with Gasteiger partial charge in [0.05, 0.1) is 6.04 Å². The lowest BCUT2D eigenvalue weighted by molar-refractivity contribution is 0.0403. The van der Waals surface area contributed by atoms with Crippen molar-refractivity contribution in [3.8, 4) is 5.75 Å². The third-order valence-electron chi connectivity index (χ3n) is 11.1. The Hall–Kier alpha value is -4.29. The van der Waals surface area contributed by atoms with Gasteiger partial charge in [0.1, 0.15) is 24.6 Å². The van der Waals surface area contributed by atoms with Crippen LogP contribution in [0.15, 0.2) is 115 Å². The maximum absolute atomic E-state index is 16.4. The molecule has 3 aliphatic rings. The minimum absolute atomic E-state index is 0.0373. The summed E-state index contributed by atoms with van der Waals surface area (Å²) < 4.78 is 22.6. The summed E-state index contributed by atoms with van der Waals surface area (Å²) in [6.07, 6.45) is 0.649. The first kappa shape index (κ1) is 29.8. The van der Waals surface area contributed by atoms with Gasteiger partial charge in [-0.2, -0.15) is 0 Å². The molecule has 0 amide bonds.